The zero-order valence-electron chi connectivity index (χ0n) is 15.8. The molecule has 3 aromatic rings. The van der Waals surface area contributed by atoms with E-state index in [2.05, 4.69) is 60.0 Å². The summed E-state index contributed by atoms with van der Waals surface area (Å²) in [4.78, 5) is 13.9. The lowest BCUT2D eigenvalue weighted by Gasteiger charge is -2.24. The van der Waals surface area contributed by atoms with Gasteiger partial charge in [-0.1, -0.05) is 91.5 Å². The lowest BCUT2D eigenvalue weighted by Crippen LogP contribution is -2.24. The predicted molar refractivity (Wildman–Crippen MR) is 112 cm³/mol. The Kier molecular flexibility index (Phi) is 6.35. The molecule has 0 fully saturated rings. The van der Waals surface area contributed by atoms with Crippen molar-refractivity contribution < 1.29 is 4.79 Å². The maximum absolute atomic E-state index is 11.5. The van der Waals surface area contributed by atoms with Gasteiger partial charge in [-0.25, -0.2) is 0 Å². The largest absolute Gasteiger partial charge is 0.295 e. The van der Waals surface area contributed by atoms with Crippen molar-refractivity contribution in [1.29, 1.82) is 0 Å². The molecule has 0 saturated carbocycles. The Morgan fingerprint density at radius 3 is 1.63 bits per heavy atom. The number of ketones is 1. The van der Waals surface area contributed by atoms with Gasteiger partial charge in [-0.15, -0.1) is 0 Å². The number of nitrogens with zero attached hydrogens (tertiary/aromatic N) is 1. The molecule has 0 heterocycles. The van der Waals surface area contributed by atoms with Gasteiger partial charge in [-0.2, -0.15) is 0 Å². The third kappa shape index (κ3) is 5.50. The molecule has 0 atom stereocenters. The first-order valence-corrected chi connectivity index (χ1v) is 9.21. The fraction of sp³-hybridized carbons (Fsp3) is 0.160. The summed E-state index contributed by atoms with van der Waals surface area (Å²) < 4.78 is 0. The number of benzene rings is 3. The van der Waals surface area contributed by atoms with Crippen molar-refractivity contribution in [3.63, 3.8) is 0 Å². The topological polar surface area (TPSA) is 20.3 Å². The van der Waals surface area contributed by atoms with Crippen molar-refractivity contribution in [3.05, 3.63) is 114 Å². The molecule has 0 N–H and O–H groups in total. The van der Waals surface area contributed by atoms with Crippen LogP contribution < -0.4 is 0 Å². The third-order valence-corrected chi connectivity index (χ3v) is 4.61. The van der Waals surface area contributed by atoms with Crippen LogP contribution in [0.5, 0.6) is 0 Å². The highest BCUT2D eigenvalue weighted by Gasteiger charge is 2.11. The molecule has 0 radical (unpaired) electrons. The molecule has 0 saturated heterocycles. The molecule has 2 nitrogen and oxygen atoms in total. The Morgan fingerprint density at radius 1 is 0.741 bits per heavy atom. The minimum absolute atomic E-state index is 0.0851. The Morgan fingerprint density at radius 2 is 1.19 bits per heavy atom. The minimum Gasteiger partial charge on any atom is -0.295 e. The Labute approximate surface area is 161 Å². The number of carbonyl (C=O) groups is 1. The Balaban J connectivity index is 1.75. The molecule has 0 aliphatic rings. The normalized spacial score (nSPS) is 10.7. The zero-order chi connectivity index (χ0) is 19.1. The van der Waals surface area contributed by atoms with E-state index >= 15 is 0 Å². The van der Waals surface area contributed by atoms with E-state index in [9.17, 15) is 4.79 Å². The highest BCUT2D eigenvalue weighted by atomic mass is 16.1. The van der Waals surface area contributed by atoms with Gasteiger partial charge in [-0.3, -0.25) is 9.69 Å². The number of hydrogen-bond donors (Lipinski definition) is 0. The summed E-state index contributed by atoms with van der Waals surface area (Å²) in [6, 6.07) is 28.7. The molecule has 2 heteroatoms. The van der Waals surface area contributed by atoms with Gasteiger partial charge in [0.15, 0.2) is 5.78 Å². The number of hydrogen-bond acceptors (Lipinski definition) is 2. The molecule has 3 aromatic carbocycles. The van der Waals surface area contributed by atoms with Crippen molar-refractivity contribution in [2.24, 2.45) is 0 Å². The van der Waals surface area contributed by atoms with E-state index in [4.69, 9.17) is 0 Å². The van der Waals surface area contributed by atoms with Crippen molar-refractivity contribution in [2.75, 3.05) is 6.54 Å². The second-order valence-corrected chi connectivity index (χ2v) is 6.85. The first-order valence-electron chi connectivity index (χ1n) is 9.21. The van der Waals surface area contributed by atoms with E-state index < -0.39 is 0 Å². The number of rotatable bonds is 8. The van der Waals surface area contributed by atoms with Crippen LogP contribution in [0.3, 0.4) is 0 Å². The van der Waals surface area contributed by atoms with Gasteiger partial charge in [0.05, 0.1) is 0 Å². The van der Waals surface area contributed by atoms with Crippen LogP contribution >= 0.6 is 0 Å². The van der Waals surface area contributed by atoms with E-state index in [0.717, 1.165) is 36.3 Å². The molecule has 27 heavy (non-hydrogen) atoms. The first kappa shape index (κ1) is 18.8. The van der Waals surface area contributed by atoms with Gasteiger partial charge >= 0.3 is 0 Å². The van der Waals surface area contributed by atoms with Crippen LogP contribution in [0, 0.1) is 0 Å². The predicted octanol–water partition coefficient (Wildman–Crippen LogP) is 5.60. The maximum Gasteiger partial charge on any atom is 0.159 e. The van der Waals surface area contributed by atoms with Crippen LogP contribution in [-0.4, -0.2) is 17.2 Å². The highest BCUT2D eigenvalue weighted by molar-refractivity contribution is 5.94. The van der Waals surface area contributed by atoms with Crippen LogP contribution in [0.15, 0.2) is 91.5 Å². The summed E-state index contributed by atoms with van der Waals surface area (Å²) in [6.07, 6.45) is 0. The van der Waals surface area contributed by atoms with Crippen molar-refractivity contribution in [2.45, 2.75) is 20.0 Å². The molecule has 0 spiro atoms. The van der Waals surface area contributed by atoms with E-state index in [1.165, 1.54) is 11.1 Å². The minimum atomic E-state index is 0.0851. The van der Waals surface area contributed by atoms with E-state index in [0.29, 0.717) is 0 Å². The third-order valence-electron chi connectivity index (χ3n) is 4.61. The summed E-state index contributed by atoms with van der Waals surface area (Å²) in [5.74, 6) is 0.0851. The van der Waals surface area contributed by atoms with Crippen LogP contribution in [0.2, 0.25) is 0 Å². The molecule has 0 unspecified atom stereocenters. The van der Waals surface area contributed by atoms with Gasteiger partial charge in [0, 0.05) is 25.2 Å². The quantitative estimate of drug-likeness (QED) is 0.490. The average Bonchev–Trinajstić information content (AvgIpc) is 2.69. The van der Waals surface area contributed by atoms with Crippen LogP contribution in [-0.2, 0) is 13.1 Å². The fourth-order valence-electron chi connectivity index (χ4n) is 3.15. The molecule has 136 valence electrons. The molecule has 0 bridgehead atoms. The Hall–Kier alpha value is -2.97. The second kappa shape index (κ2) is 9.11. The van der Waals surface area contributed by atoms with Gasteiger partial charge in [0.1, 0.15) is 0 Å². The van der Waals surface area contributed by atoms with E-state index in [-0.39, 0.29) is 5.78 Å². The zero-order valence-corrected chi connectivity index (χ0v) is 15.8. The summed E-state index contributed by atoms with van der Waals surface area (Å²) in [7, 11) is 0. The number of Topliss-reactive ketones (excluding diaryl/α,β-unsaturated/α-hetero) is 1. The molecule has 0 aliphatic heterocycles. The van der Waals surface area contributed by atoms with Crippen molar-refractivity contribution >= 4 is 11.4 Å². The summed E-state index contributed by atoms with van der Waals surface area (Å²) >= 11 is 0. The van der Waals surface area contributed by atoms with Crippen LogP contribution in [0.25, 0.3) is 5.57 Å². The molecule has 3 rings (SSSR count). The monoisotopic (exact) mass is 355 g/mol. The fourth-order valence-corrected chi connectivity index (χ4v) is 3.15. The van der Waals surface area contributed by atoms with E-state index in [1.54, 1.807) is 6.92 Å². The lowest BCUT2D eigenvalue weighted by atomic mass is 10.0. The summed E-state index contributed by atoms with van der Waals surface area (Å²) in [5, 5.41) is 0. The first-order chi connectivity index (χ1) is 13.1. The maximum atomic E-state index is 11.5. The second-order valence-electron chi connectivity index (χ2n) is 6.85. The molecular formula is C25H25NO. The molecule has 0 aliphatic carbocycles. The SMILES string of the molecule is C=C(CN(Cc1ccccc1)Cc1ccccc1)c1ccc(C(C)=O)cc1. The number of carbonyl (C=O) groups excluding carboxylic acids is 1. The van der Waals surface area contributed by atoms with Gasteiger partial charge in [-0.05, 0) is 29.2 Å². The lowest BCUT2D eigenvalue weighted by molar-refractivity contribution is 0.101. The van der Waals surface area contributed by atoms with Gasteiger partial charge < -0.3 is 0 Å². The van der Waals surface area contributed by atoms with Crippen LogP contribution in [0.4, 0.5) is 0 Å². The Bertz CT molecular complexity index is 841. The average molecular weight is 355 g/mol. The van der Waals surface area contributed by atoms with Crippen molar-refractivity contribution in [1.82, 2.24) is 4.90 Å². The van der Waals surface area contributed by atoms with Gasteiger partial charge in [0.25, 0.3) is 0 Å². The standard InChI is InChI=1S/C25H25NO/c1-20(24-13-15-25(16-14-24)21(2)27)17-26(18-22-9-5-3-6-10-22)19-23-11-7-4-8-12-23/h3-16H,1,17-19H2,2H3. The van der Waals surface area contributed by atoms with Crippen molar-refractivity contribution in [3.8, 4) is 0 Å². The smallest absolute Gasteiger partial charge is 0.159 e. The van der Waals surface area contributed by atoms with Gasteiger partial charge in [0.2, 0.25) is 0 Å². The van der Waals surface area contributed by atoms with Crippen LogP contribution in [0.1, 0.15) is 34.0 Å². The van der Waals surface area contributed by atoms with E-state index in [1.807, 2.05) is 36.4 Å². The summed E-state index contributed by atoms with van der Waals surface area (Å²) in [5.41, 5.74) is 5.43. The highest BCUT2D eigenvalue weighted by Crippen LogP contribution is 2.18. The summed E-state index contributed by atoms with van der Waals surface area (Å²) in [6.45, 7) is 8.37. The molecular weight excluding hydrogens is 330 g/mol. The molecule has 0 aromatic heterocycles. The molecule has 0 amide bonds.